The lowest BCUT2D eigenvalue weighted by Crippen LogP contribution is -2.40. The van der Waals surface area contributed by atoms with E-state index in [0.29, 0.717) is 63.7 Å². The third kappa shape index (κ3) is 5.47. The van der Waals surface area contributed by atoms with Crippen molar-refractivity contribution in [2.75, 3.05) is 45.9 Å². The first-order valence-electron chi connectivity index (χ1n) is 13.6. The molecule has 3 amide bonds. The largest absolute Gasteiger partial charge is 0.493 e. The highest BCUT2D eigenvalue weighted by Gasteiger charge is 2.41. The predicted molar refractivity (Wildman–Crippen MR) is 142 cm³/mol. The fourth-order valence-electron chi connectivity index (χ4n) is 5.65. The van der Waals surface area contributed by atoms with E-state index in [1.807, 2.05) is 36.4 Å². The van der Waals surface area contributed by atoms with Crippen molar-refractivity contribution in [1.29, 1.82) is 0 Å². The molecule has 3 aromatic rings. The average molecular weight is 546 g/mol. The van der Waals surface area contributed by atoms with Crippen LogP contribution in [0.5, 0.6) is 11.5 Å². The van der Waals surface area contributed by atoms with Crippen LogP contribution in [0, 0.1) is 5.92 Å². The van der Waals surface area contributed by atoms with Crippen LogP contribution < -0.4 is 14.8 Å². The van der Waals surface area contributed by atoms with Crippen molar-refractivity contribution in [2.24, 2.45) is 5.92 Å². The Bertz CT molecular complexity index is 1400. The quantitative estimate of drug-likeness (QED) is 0.514. The molecule has 4 heterocycles. The maximum atomic E-state index is 13.5. The topological polar surface area (TPSA) is 132 Å². The summed E-state index contributed by atoms with van der Waals surface area (Å²) in [4.78, 5) is 43.3. The van der Waals surface area contributed by atoms with Crippen LogP contribution in [0.3, 0.4) is 0 Å². The fourth-order valence-corrected chi connectivity index (χ4v) is 5.65. The molecular formula is C28H31N7O5. The molecule has 1 fully saturated rings. The monoisotopic (exact) mass is 545 g/mol. The number of carbonyl (C=O) groups excluding carboxylic acids is 3. The first-order valence-corrected chi connectivity index (χ1v) is 13.6. The standard InChI is InChI=1S/C28H31N7O5/c36-26(17-35-18-30-31-32-35)33-9-2-8-29-27(37)24-16-34(28(38)21-5-6-25-20(13-21)7-11-40-25)15-23(24)19-3-1-4-22(14-19)39-12-10-33/h1,3-6,13-14,18,23-24H,2,7-12,15-17H2,(H,29,37)/t23-,24+/m1/s1. The molecule has 2 aromatic carbocycles. The number of carbonyl (C=O) groups is 3. The molecule has 0 saturated carbocycles. The van der Waals surface area contributed by atoms with Gasteiger partial charge >= 0.3 is 0 Å². The van der Waals surface area contributed by atoms with Crippen LogP contribution in [0.4, 0.5) is 0 Å². The van der Waals surface area contributed by atoms with E-state index in [1.54, 1.807) is 15.9 Å². The van der Waals surface area contributed by atoms with E-state index in [2.05, 4.69) is 20.8 Å². The number of rotatable bonds is 3. The minimum atomic E-state index is -0.405. The van der Waals surface area contributed by atoms with Crippen LogP contribution in [0.2, 0.25) is 0 Å². The third-order valence-electron chi connectivity index (χ3n) is 7.74. The lowest BCUT2D eigenvalue weighted by atomic mass is 9.88. The highest BCUT2D eigenvalue weighted by atomic mass is 16.5. The van der Waals surface area contributed by atoms with Crippen LogP contribution in [-0.2, 0) is 22.6 Å². The Balaban J connectivity index is 1.19. The highest BCUT2D eigenvalue weighted by Crippen LogP contribution is 2.36. The molecule has 0 spiro atoms. The molecule has 0 unspecified atom stereocenters. The van der Waals surface area contributed by atoms with Crippen LogP contribution in [0.1, 0.15) is 33.8 Å². The molecule has 6 rings (SSSR count). The van der Waals surface area contributed by atoms with E-state index in [0.717, 1.165) is 23.3 Å². The van der Waals surface area contributed by atoms with E-state index < -0.39 is 5.92 Å². The summed E-state index contributed by atoms with van der Waals surface area (Å²) in [5, 5.41) is 14.0. The van der Waals surface area contributed by atoms with E-state index in [1.165, 1.54) is 11.0 Å². The van der Waals surface area contributed by atoms with Crippen LogP contribution in [0.25, 0.3) is 0 Å². The summed E-state index contributed by atoms with van der Waals surface area (Å²) in [6.07, 6.45) is 2.77. The van der Waals surface area contributed by atoms with Gasteiger partial charge in [0.25, 0.3) is 5.91 Å². The molecule has 12 heteroatoms. The maximum Gasteiger partial charge on any atom is 0.253 e. The Morgan fingerprint density at radius 2 is 1.90 bits per heavy atom. The van der Waals surface area contributed by atoms with Gasteiger partial charge in [-0.3, -0.25) is 14.4 Å². The molecule has 2 bridgehead atoms. The van der Waals surface area contributed by atoms with Gasteiger partial charge in [0.2, 0.25) is 11.8 Å². The van der Waals surface area contributed by atoms with Gasteiger partial charge in [-0.05, 0) is 58.3 Å². The average Bonchev–Trinajstić information content (AvgIpc) is 3.74. The van der Waals surface area contributed by atoms with Crippen molar-refractivity contribution >= 4 is 17.7 Å². The number of amides is 3. The number of hydrogen-bond donors (Lipinski definition) is 1. The number of benzene rings is 2. The van der Waals surface area contributed by atoms with Gasteiger partial charge in [0.15, 0.2) is 0 Å². The van der Waals surface area contributed by atoms with Crippen molar-refractivity contribution in [3.8, 4) is 11.5 Å². The second-order valence-corrected chi connectivity index (χ2v) is 10.3. The molecule has 3 aliphatic rings. The summed E-state index contributed by atoms with van der Waals surface area (Å²) in [6, 6.07) is 13.2. The van der Waals surface area contributed by atoms with Crippen molar-refractivity contribution < 1.29 is 23.9 Å². The Hall–Kier alpha value is -4.48. The van der Waals surface area contributed by atoms with E-state index in [9.17, 15) is 14.4 Å². The van der Waals surface area contributed by atoms with Gasteiger partial charge in [-0.2, -0.15) is 0 Å². The summed E-state index contributed by atoms with van der Waals surface area (Å²) < 4.78 is 13.0. The van der Waals surface area contributed by atoms with Crippen LogP contribution >= 0.6 is 0 Å². The highest BCUT2D eigenvalue weighted by molar-refractivity contribution is 5.95. The van der Waals surface area contributed by atoms with E-state index in [4.69, 9.17) is 9.47 Å². The van der Waals surface area contributed by atoms with Crippen LogP contribution in [-0.4, -0.2) is 93.7 Å². The molecule has 0 radical (unpaired) electrons. The van der Waals surface area contributed by atoms with Gasteiger partial charge in [-0.15, -0.1) is 5.10 Å². The second-order valence-electron chi connectivity index (χ2n) is 10.3. The molecule has 3 aliphatic heterocycles. The first kappa shape index (κ1) is 25.8. The van der Waals surface area contributed by atoms with Crippen molar-refractivity contribution in [2.45, 2.75) is 25.3 Å². The Kier molecular flexibility index (Phi) is 7.30. The van der Waals surface area contributed by atoms with Crippen molar-refractivity contribution in [1.82, 2.24) is 35.3 Å². The third-order valence-corrected chi connectivity index (χ3v) is 7.74. The summed E-state index contributed by atoms with van der Waals surface area (Å²) in [5.74, 6) is 0.601. The van der Waals surface area contributed by atoms with Gasteiger partial charge in [0.05, 0.1) is 19.1 Å². The molecule has 12 nitrogen and oxygen atoms in total. The second kappa shape index (κ2) is 11.3. The number of hydrogen-bond acceptors (Lipinski definition) is 8. The predicted octanol–water partition coefficient (Wildman–Crippen LogP) is 0.891. The summed E-state index contributed by atoms with van der Waals surface area (Å²) in [7, 11) is 0. The lowest BCUT2D eigenvalue weighted by Gasteiger charge is -2.24. The molecule has 40 heavy (non-hydrogen) atoms. The Labute approximate surface area is 231 Å². The van der Waals surface area contributed by atoms with Gasteiger partial charge in [0, 0.05) is 44.1 Å². The molecule has 2 atom stereocenters. The van der Waals surface area contributed by atoms with Gasteiger partial charge < -0.3 is 24.6 Å². The number of tetrazole rings is 1. The van der Waals surface area contributed by atoms with E-state index >= 15 is 0 Å². The fraction of sp³-hybridized carbons (Fsp3) is 0.429. The Morgan fingerprint density at radius 1 is 1.00 bits per heavy atom. The smallest absolute Gasteiger partial charge is 0.253 e. The molecular weight excluding hydrogens is 514 g/mol. The van der Waals surface area contributed by atoms with E-state index in [-0.39, 0.29) is 30.2 Å². The first-order chi connectivity index (χ1) is 19.5. The zero-order chi connectivity index (χ0) is 27.5. The lowest BCUT2D eigenvalue weighted by molar-refractivity contribution is -0.132. The normalized spacial score (nSPS) is 20.9. The van der Waals surface area contributed by atoms with Gasteiger partial charge in [0.1, 0.15) is 31.0 Å². The number of likely N-dealkylation sites (tertiary alicyclic amines) is 1. The van der Waals surface area contributed by atoms with Gasteiger partial charge in [-0.25, -0.2) is 4.68 Å². The summed E-state index contributed by atoms with van der Waals surface area (Å²) >= 11 is 0. The molecule has 1 aromatic heterocycles. The number of ether oxygens (including phenoxy) is 2. The minimum Gasteiger partial charge on any atom is -0.493 e. The zero-order valence-corrected chi connectivity index (χ0v) is 22.1. The maximum absolute atomic E-state index is 13.5. The number of aromatic nitrogens is 4. The van der Waals surface area contributed by atoms with Crippen LogP contribution in [0.15, 0.2) is 48.8 Å². The number of fused-ring (bicyclic) bond motifs is 5. The minimum absolute atomic E-state index is 0.0275. The Morgan fingerprint density at radius 3 is 2.77 bits per heavy atom. The summed E-state index contributed by atoms with van der Waals surface area (Å²) in [5.41, 5.74) is 2.59. The molecule has 0 aliphatic carbocycles. The molecule has 208 valence electrons. The SMILES string of the molecule is O=C1NCCCN(C(=O)Cn2cnnn2)CCOc2cccc(c2)[C@H]2CN(C(=O)c3ccc4c(c3)CCO4)C[C@H]12. The molecule has 1 N–H and O–H groups in total. The zero-order valence-electron chi connectivity index (χ0n) is 22.1. The van der Waals surface area contributed by atoms with Gasteiger partial charge in [-0.1, -0.05) is 12.1 Å². The summed E-state index contributed by atoms with van der Waals surface area (Å²) in [6.45, 7) is 2.99. The molecule has 1 saturated heterocycles. The van der Waals surface area contributed by atoms with Crippen molar-refractivity contribution in [3.05, 3.63) is 65.5 Å². The number of nitrogens with one attached hydrogen (secondary N) is 1. The van der Waals surface area contributed by atoms with Crippen molar-refractivity contribution in [3.63, 3.8) is 0 Å². The number of nitrogens with zero attached hydrogens (tertiary/aromatic N) is 6.